The molecule has 0 radical (unpaired) electrons. The second-order valence-electron chi connectivity index (χ2n) is 16.8. The first-order valence-electron chi connectivity index (χ1n) is 16.5. The van der Waals surface area contributed by atoms with Gasteiger partial charge in [-0.3, -0.25) is 0 Å². The Kier molecular flexibility index (Phi) is 8.29. The van der Waals surface area contributed by atoms with Gasteiger partial charge in [0.25, 0.3) is 0 Å². The molecule has 0 aliphatic heterocycles. The molecule has 46 heavy (non-hydrogen) atoms. The van der Waals surface area contributed by atoms with Gasteiger partial charge in [0.2, 0.25) is 0 Å². The summed E-state index contributed by atoms with van der Waals surface area (Å²) in [6, 6.07) is 16.3. The lowest BCUT2D eigenvalue weighted by Gasteiger charge is -2.34. The largest absolute Gasteiger partial charge is 0.507 e. The maximum Gasteiger partial charge on any atom is 0.122 e. The van der Waals surface area contributed by atoms with Gasteiger partial charge < -0.3 is 20.4 Å². The van der Waals surface area contributed by atoms with Crippen LogP contribution in [-0.2, 0) is 30.1 Å². The molecule has 0 fully saturated rings. The van der Waals surface area contributed by atoms with E-state index in [1.165, 1.54) is 0 Å². The van der Waals surface area contributed by atoms with Crippen LogP contribution in [0.1, 0.15) is 135 Å². The van der Waals surface area contributed by atoms with E-state index in [9.17, 15) is 20.4 Å². The number of benzene rings is 4. The Morgan fingerprint density at radius 3 is 0.978 bits per heavy atom. The summed E-state index contributed by atoms with van der Waals surface area (Å²) < 4.78 is 0. The number of hydrogen-bond acceptors (Lipinski definition) is 4. The zero-order chi connectivity index (χ0) is 34.1. The standard InChI is InChI=1S/C42H52O4/c1-23-12-25-16-27-19-31(40(3,4)5)21-29(36(27)43)18-30-22-32(41(6,7)8)20-28(37(30)44)17-26-13-24(2)15-34(39(26)46)35(42(9,10)11)33(14-23)38(25)45/h12-15,19-22,35,43-46H,16-18H2,1-11H3. The Morgan fingerprint density at radius 1 is 0.435 bits per heavy atom. The fourth-order valence-electron chi connectivity index (χ4n) is 7.12. The molecule has 1 aliphatic carbocycles. The Balaban J connectivity index is 1.92. The molecule has 4 aromatic rings. The lowest BCUT2D eigenvalue weighted by molar-refractivity contribution is 0.336. The quantitative estimate of drug-likeness (QED) is 0.158. The van der Waals surface area contributed by atoms with Crippen LogP contribution in [-0.4, -0.2) is 20.4 Å². The topological polar surface area (TPSA) is 80.9 Å². The monoisotopic (exact) mass is 620 g/mol. The number of rotatable bonds is 0. The molecule has 4 aromatic carbocycles. The van der Waals surface area contributed by atoms with E-state index in [2.05, 4.69) is 86.6 Å². The highest BCUT2D eigenvalue weighted by Crippen LogP contribution is 2.50. The molecule has 0 aromatic heterocycles. The van der Waals surface area contributed by atoms with Crippen LogP contribution < -0.4 is 0 Å². The van der Waals surface area contributed by atoms with E-state index >= 15 is 0 Å². The number of phenols is 4. The van der Waals surface area contributed by atoms with Gasteiger partial charge in [-0.2, -0.15) is 0 Å². The van der Waals surface area contributed by atoms with E-state index < -0.39 is 0 Å². The predicted octanol–water partition coefficient (Wildman–Crippen LogP) is 9.98. The molecule has 4 N–H and O–H groups in total. The van der Waals surface area contributed by atoms with Gasteiger partial charge in [-0.15, -0.1) is 0 Å². The number of aromatic hydroxyl groups is 4. The highest BCUT2D eigenvalue weighted by Gasteiger charge is 2.34. The molecule has 4 nitrogen and oxygen atoms in total. The molecule has 0 heterocycles. The van der Waals surface area contributed by atoms with Crippen molar-refractivity contribution in [1.82, 2.24) is 0 Å². The van der Waals surface area contributed by atoms with Crippen LogP contribution >= 0.6 is 0 Å². The third-order valence-corrected chi connectivity index (χ3v) is 9.62. The van der Waals surface area contributed by atoms with Crippen molar-refractivity contribution in [3.8, 4) is 23.0 Å². The highest BCUT2D eigenvalue weighted by molar-refractivity contribution is 5.59. The normalized spacial score (nSPS) is 14.4. The van der Waals surface area contributed by atoms with Gasteiger partial charge in [0.1, 0.15) is 23.0 Å². The molecule has 4 heteroatoms. The average molecular weight is 621 g/mol. The first kappa shape index (κ1) is 33.4. The van der Waals surface area contributed by atoms with Crippen LogP contribution in [0.3, 0.4) is 0 Å². The van der Waals surface area contributed by atoms with Gasteiger partial charge in [-0.25, -0.2) is 0 Å². The first-order chi connectivity index (χ1) is 21.1. The molecule has 1 aliphatic rings. The molecule has 0 saturated carbocycles. The smallest absolute Gasteiger partial charge is 0.122 e. The maximum atomic E-state index is 12.0. The zero-order valence-electron chi connectivity index (χ0n) is 29.6. The lowest BCUT2D eigenvalue weighted by Crippen LogP contribution is -2.21. The van der Waals surface area contributed by atoms with E-state index in [1.54, 1.807) is 0 Å². The fraction of sp³-hybridized carbons (Fsp3) is 0.429. The minimum Gasteiger partial charge on any atom is -0.507 e. The first-order valence-corrected chi connectivity index (χ1v) is 16.5. The molecule has 8 bridgehead atoms. The van der Waals surface area contributed by atoms with Crippen LogP contribution in [0.5, 0.6) is 23.0 Å². The fourth-order valence-corrected chi connectivity index (χ4v) is 7.12. The summed E-state index contributed by atoms with van der Waals surface area (Å²) in [7, 11) is 0. The van der Waals surface area contributed by atoms with Gasteiger partial charge in [0.05, 0.1) is 0 Å². The Bertz CT molecular complexity index is 1700. The van der Waals surface area contributed by atoms with Crippen LogP contribution in [0.4, 0.5) is 0 Å². The van der Waals surface area contributed by atoms with E-state index in [-0.39, 0.29) is 45.2 Å². The molecular formula is C42H52O4. The minimum absolute atomic E-state index is 0.187. The average Bonchev–Trinajstić information content (AvgIpc) is 2.90. The van der Waals surface area contributed by atoms with Crippen molar-refractivity contribution in [2.45, 2.75) is 112 Å². The van der Waals surface area contributed by atoms with Crippen molar-refractivity contribution in [3.05, 3.63) is 115 Å². The summed E-state index contributed by atoms with van der Waals surface area (Å²) >= 11 is 0. The Hall–Kier alpha value is -3.92. The Labute approximate surface area is 275 Å². The molecule has 0 atom stereocenters. The number of phenolic OH excluding ortho intramolecular Hbond substituents is 4. The summed E-state index contributed by atoms with van der Waals surface area (Å²) in [4.78, 5) is 0. The van der Waals surface area contributed by atoms with Gasteiger partial charge in [0.15, 0.2) is 0 Å². The molecule has 0 spiro atoms. The Morgan fingerprint density at radius 2 is 0.717 bits per heavy atom. The van der Waals surface area contributed by atoms with Crippen LogP contribution in [0, 0.1) is 19.3 Å². The minimum atomic E-state index is -0.362. The van der Waals surface area contributed by atoms with E-state index in [0.717, 1.165) is 66.8 Å². The van der Waals surface area contributed by atoms with E-state index in [0.29, 0.717) is 19.3 Å². The number of hydrogen-bond donors (Lipinski definition) is 4. The second kappa shape index (κ2) is 11.4. The van der Waals surface area contributed by atoms with Gasteiger partial charge in [-0.05, 0) is 74.6 Å². The number of fused-ring (bicyclic) bond motifs is 8. The SMILES string of the molecule is Cc1cc2c(O)c(c1)C(C(C)(C)C)c1cc(C)cc(c1O)Cc1cc(C(C)(C)C)cc(c1O)Cc1cc(C(C)(C)C)cc(c1O)C2. The van der Waals surface area contributed by atoms with Crippen molar-refractivity contribution in [3.63, 3.8) is 0 Å². The van der Waals surface area contributed by atoms with E-state index in [1.807, 2.05) is 38.1 Å². The van der Waals surface area contributed by atoms with Gasteiger partial charge >= 0.3 is 0 Å². The summed E-state index contributed by atoms with van der Waals surface area (Å²) in [5.74, 6) is 0.443. The summed E-state index contributed by atoms with van der Waals surface area (Å²) in [6.45, 7) is 23.4. The van der Waals surface area contributed by atoms with Gasteiger partial charge in [-0.1, -0.05) is 122 Å². The van der Waals surface area contributed by atoms with Crippen LogP contribution in [0.15, 0.2) is 48.5 Å². The van der Waals surface area contributed by atoms with Crippen molar-refractivity contribution < 1.29 is 20.4 Å². The molecule has 0 amide bonds. The van der Waals surface area contributed by atoms with Crippen molar-refractivity contribution >= 4 is 0 Å². The molecule has 244 valence electrons. The lowest BCUT2D eigenvalue weighted by atomic mass is 9.70. The third-order valence-electron chi connectivity index (χ3n) is 9.62. The maximum absolute atomic E-state index is 12.0. The van der Waals surface area contributed by atoms with E-state index in [4.69, 9.17) is 0 Å². The molecule has 0 unspecified atom stereocenters. The third kappa shape index (κ3) is 6.36. The zero-order valence-corrected chi connectivity index (χ0v) is 29.6. The highest BCUT2D eigenvalue weighted by atomic mass is 16.3. The van der Waals surface area contributed by atoms with Crippen molar-refractivity contribution in [2.24, 2.45) is 5.41 Å². The molecule has 0 saturated heterocycles. The molecule has 5 rings (SSSR count). The summed E-state index contributed by atoms with van der Waals surface area (Å²) in [5.41, 5.74) is 9.37. The van der Waals surface area contributed by atoms with Crippen LogP contribution in [0.2, 0.25) is 0 Å². The van der Waals surface area contributed by atoms with Crippen LogP contribution in [0.25, 0.3) is 0 Å². The van der Waals surface area contributed by atoms with Crippen molar-refractivity contribution in [1.29, 1.82) is 0 Å². The van der Waals surface area contributed by atoms with Gasteiger partial charge in [0, 0.05) is 36.3 Å². The number of aryl methyl sites for hydroxylation is 2. The second-order valence-corrected chi connectivity index (χ2v) is 16.8. The summed E-state index contributed by atoms with van der Waals surface area (Å²) in [6.07, 6.45) is 1.02. The summed E-state index contributed by atoms with van der Waals surface area (Å²) in [5, 5.41) is 47.7. The predicted molar refractivity (Wildman–Crippen MR) is 189 cm³/mol. The molecular weight excluding hydrogens is 568 g/mol. The van der Waals surface area contributed by atoms with Crippen molar-refractivity contribution in [2.75, 3.05) is 0 Å².